The Labute approximate surface area is 186 Å². The molecular formula is C21H26FN5O4S. The Morgan fingerprint density at radius 2 is 1.84 bits per heavy atom. The first-order valence-electron chi connectivity index (χ1n) is 9.98. The molecule has 0 bridgehead atoms. The Hall–Kier alpha value is -2.70. The fourth-order valence-corrected chi connectivity index (χ4v) is 3.89. The molecule has 32 heavy (non-hydrogen) atoms. The number of aliphatic hydroxyl groups is 2. The number of benzene rings is 2. The van der Waals surface area contributed by atoms with Gasteiger partial charge in [0.15, 0.2) is 5.82 Å². The van der Waals surface area contributed by atoms with Crippen LogP contribution in [-0.4, -0.2) is 64.6 Å². The highest BCUT2D eigenvalue weighted by atomic mass is 32.2. The van der Waals surface area contributed by atoms with Gasteiger partial charge in [0.2, 0.25) is 10.0 Å². The number of nitrogens with zero attached hydrogens (tertiary/aromatic N) is 4. The van der Waals surface area contributed by atoms with Crippen molar-refractivity contribution < 1.29 is 23.0 Å². The van der Waals surface area contributed by atoms with Crippen molar-refractivity contribution in [2.75, 3.05) is 26.3 Å². The molecule has 1 heterocycles. The monoisotopic (exact) mass is 463 g/mol. The number of hydrogen-bond donors (Lipinski definition) is 3. The summed E-state index contributed by atoms with van der Waals surface area (Å²) in [5.41, 5.74) is 2.05. The molecule has 3 rings (SSSR count). The zero-order chi connectivity index (χ0) is 23.3. The van der Waals surface area contributed by atoms with Gasteiger partial charge in [-0.2, -0.15) is 0 Å². The lowest BCUT2D eigenvalue weighted by molar-refractivity contribution is 0.153. The van der Waals surface area contributed by atoms with Gasteiger partial charge in [-0.1, -0.05) is 29.8 Å². The minimum atomic E-state index is -4.05. The summed E-state index contributed by atoms with van der Waals surface area (Å²) in [6.45, 7) is 2.65. The van der Waals surface area contributed by atoms with Gasteiger partial charge in [0, 0.05) is 19.5 Å². The second-order valence-electron chi connectivity index (χ2n) is 7.40. The Morgan fingerprint density at radius 3 is 2.44 bits per heavy atom. The molecule has 0 aliphatic rings. The van der Waals surface area contributed by atoms with Crippen molar-refractivity contribution in [1.29, 1.82) is 0 Å². The summed E-state index contributed by atoms with van der Waals surface area (Å²) in [4.78, 5) is 6.00. The van der Waals surface area contributed by atoms with Gasteiger partial charge in [0.25, 0.3) is 0 Å². The number of primary sulfonamides is 1. The van der Waals surface area contributed by atoms with Gasteiger partial charge in [0.1, 0.15) is 17.3 Å². The smallest absolute Gasteiger partial charge is 0.238 e. The predicted molar refractivity (Wildman–Crippen MR) is 116 cm³/mol. The van der Waals surface area contributed by atoms with E-state index in [0.29, 0.717) is 31.2 Å². The van der Waals surface area contributed by atoms with Crippen molar-refractivity contribution in [2.24, 2.45) is 5.14 Å². The van der Waals surface area contributed by atoms with Gasteiger partial charge >= 0.3 is 0 Å². The molecule has 0 amide bonds. The van der Waals surface area contributed by atoms with Gasteiger partial charge < -0.3 is 10.2 Å². The van der Waals surface area contributed by atoms with Crippen LogP contribution in [0.15, 0.2) is 47.4 Å². The lowest BCUT2D eigenvalue weighted by Gasteiger charge is -2.17. The first kappa shape index (κ1) is 24.0. The van der Waals surface area contributed by atoms with Crippen LogP contribution in [0.25, 0.3) is 5.69 Å². The fraction of sp³-hybridized carbons (Fsp3) is 0.333. The van der Waals surface area contributed by atoms with Gasteiger partial charge in [-0.3, -0.25) is 4.90 Å². The third kappa shape index (κ3) is 5.96. The van der Waals surface area contributed by atoms with E-state index in [0.717, 1.165) is 17.2 Å². The van der Waals surface area contributed by atoms with Crippen LogP contribution in [0.3, 0.4) is 0 Å². The number of hydrogen-bond acceptors (Lipinski definition) is 7. The number of aliphatic hydroxyl groups excluding tert-OH is 2. The molecule has 0 unspecified atom stereocenters. The summed E-state index contributed by atoms with van der Waals surface area (Å²) < 4.78 is 39.3. The van der Waals surface area contributed by atoms with E-state index in [9.17, 15) is 23.0 Å². The molecule has 2 aromatic carbocycles. The highest BCUT2D eigenvalue weighted by Crippen LogP contribution is 2.21. The molecule has 0 fully saturated rings. The highest BCUT2D eigenvalue weighted by molar-refractivity contribution is 7.89. The summed E-state index contributed by atoms with van der Waals surface area (Å²) in [5, 5.41) is 28.0. The Balaban J connectivity index is 2.03. The first-order chi connectivity index (χ1) is 15.2. The fourth-order valence-electron chi connectivity index (χ4n) is 3.36. The molecule has 0 atom stereocenters. The van der Waals surface area contributed by atoms with Gasteiger partial charge in [-0.25, -0.2) is 27.6 Å². The zero-order valence-corrected chi connectivity index (χ0v) is 18.5. The maximum Gasteiger partial charge on any atom is 0.238 e. The van der Waals surface area contributed by atoms with E-state index in [2.05, 4.69) is 10.1 Å². The lowest BCUT2D eigenvalue weighted by Crippen LogP contribution is -2.29. The van der Waals surface area contributed by atoms with Crippen LogP contribution < -0.4 is 5.14 Å². The van der Waals surface area contributed by atoms with Crippen molar-refractivity contribution >= 4 is 10.0 Å². The second-order valence-corrected chi connectivity index (χ2v) is 8.96. The molecule has 0 radical (unpaired) electrons. The maximum atomic E-state index is 14.9. The average Bonchev–Trinajstić information content (AvgIpc) is 3.09. The normalized spacial score (nSPS) is 11.9. The molecule has 11 heteroatoms. The minimum Gasteiger partial charge on any atom is -0.395 e. The lowest BCUT2D eigenvalue weighted by atomic mass is 10.1. The summed E-state index contributed by atoms with van der Waals surface area (Å²) in [6, 6.07) is 11.2. The molecule has 0 saturated heterocycles. The van der Waals surface area contributed by atoms with Crippen molar-refractivity contribution in [2.45, 2.75) is 24.8 Å². The number of halogens is 1. The molecular weight excluding hydrogens is 437 g/mol. The zero-order valence-electron chi connectivity index (χ0n) is 17.6. The molecule has 172 valence electrons. The van der Waals surface area contributed by atoms with Crippen molar-refractivity contribution in [3.05, 3.63) is 71.1 Å². The van der Waals surface area contributed by atoms with E-state index in [1.165, 1.54) is 16.8 Å². The van der Waals surface area contributed by atoms with Crippen LogP contribution in [0, 0.1) is 12.7 Å². The first-order valence-corrected chi connectivity index (χ1v) is 11.5. The van der Waals surface area contributed by atoms with E-state index in [1.807, 2.05) is 31.2 Å². The summed E-state index contributed by atoms with van der Waals surface area (Å²) in [7, 11) is -4.05. The van der Waals surface area contributed by atoms with Crippen molar-refractivity contribution in [3.63, 3.8) is 0 Å². The largest absolute Gasteiger partial charge is 0.395 e. The van der Waals surface area contributed by atoms with E-state index >= 15 is 0 Å². The number of rotatable bonds is 10. The van der Waals surface area contributed by atoms with E-state index in [4.69, 9.17) is 5.14 Å². The summed E-state index contributed by atoms with van der Waals surface area (Å²) in [5.74, 6) is 0.0336. The van der Waals surface area contributed by atoms with Crippen molar-refractivity contribution in [1.82, 2.24) is 19.7 Å². The SMILES string of the molecule is Cc1cccc(Cc2nc(CN(CCO)CCO)nn2-c2ccc(S(N)(=O)=O)cc2F)c1. The molecule has 3 aromatic rings. The number of aryl methyl sites for hydroxylation is 1. The predicted octanol–water partition coefficient (Wildman–Crippen LogP) is 0.740. The number of nitrogens with two attached hydrogens (primary N) is 1. The molecule has 0 saturated carbocycles. The van der Waals surface area contributed by atoms with Gasteiger partial charge in [-0.05, 0) is 30.7 Å². The molecule has 0 spiro atoms. The van der Waals surface area contributed by atoms with Crippen LogP contribution in [0.4, 0.5) is 4.39 Å². The quantitative estimate of drug-likeness (QED) is 0.404. The third-order valence-corrected chi connectivity index (χ3v) is 5.75. The Morgan fingerprint density at radius 1 is 1.12 bits per heavy atom. The minimum absolute atomic E-state index is 0.0367. The van der Waals surface area contributed by atoms with E-state index in [1.54, 1.807) is 4.90 Å². The van der Waals surface area contributed by atoms with Crippen LogP contribution >= 0.6 is 0 Å². The molecule has 4 N–H and O–H groups in total. The molecule has 0 aliphatic heterocycles. The van der Waals surface area contributed by atoms with Gasteiger partial charge in [0.05, 0.1) is 24.7 Å². The van der Waals surface area contributed by atoms with Crippen LogP contribution in [-0.2, 0) is 23.0 Å². The number of sulfonamides is 1. The molecule has 0 aliphatic carbocycles. The van der Waals surface area contributed by atoms with Crippen molar-refractivity contribution in [3.8, 4) is 5.69 Å². The van der Waals surface area contributed by atoms with Crippen LogP contribution in [0.1, 0.15) is 22.8 Å². The van der Waals surface area contributed by atoms with E-state index < -0.39 is 15.8 Å². The standard InChI is InChI=1S/C21H26FN5O4S/c1-15-3-2-4-16(11-15)12-21-24-20(14-26(7-9-28)8-10-29)25-27(21)19-6-5-17(13-18(19)22)32(23,30)31/h2-6,11,13,28-29H,7-10,12,14H2,1H3,(H2,23,30,31). The molecule has 9 nitrogen and oxygen atoms in total. The van der Waals surface area contributed by atoms with E-state index in [-0.39, 0.29) is 30.3 Å². The Bertz CT molecular complexity index is 1180. The second kappa shape index (κ2) is 10.3. The number of aromatic nitrogens is 3. The van der Waals surface area contributed by atoms with Crippen LogP contribution in [0.5, 0.6) is 0 Å². The average molecular weight is 464 g/mol. The maximum absolute atomic E-state index is 14.9. The Kier molecular flexibility index (Phi) is 7.69. The topological polar surface area (TPSA) is 135 Å². The third-order valence-electron chi connectivity index (χ3n) is 4.84. The summed E-state index contributed by atoms with van der Waals surface area (Å²) in [6.07, 6.45) is 0.366. The van der Waals surface area contributed by atoms with Crippen LogP contribution in [0.2, 0.25) is 0 Å². The van der Waals surface area contributed by atoms with Gasteiger partial charge in [-0.15, -0.1) is 5.10 Å². The molecule has 1 aromatic heterocycles. The summed E-state index contributed by atoms with van der Waals surface area (Å²) >= 11 is 0. The highest BCUT2D eigenvalue weighted by Gasteiger charge is 2.19.